The average molecular weight is 310 g/mol. The van der Waals surface area contributed by atoms with Gasteiger partial charge in [-0.3, -0.25) is 0 Å². The number of anilines is 1. The molecule has 0 amide bonds. The third-order valence-corrected chi connectivity index (χ3v) is 5.75. The van der Waals surface area contributed by atoms with E-state index in [2.05, 4.69) is 20.3 Å². The van der Waals surface area contributed by atoms with Gasteiger partial charge in [0.15, 0.2) is 9.84 Å². The van der Waals surface area contributed by atoms with Crippen LogP contribution in [0.25, 0.3) is 11.0 Å². The third kappa shape index (κ3) is 3.01. The Kier molecular flexibility index (Phi) is 3.58. The first-order chi connectivity index (χ1) is 10.0. The van der Waals surface area contributed by atoms with Crippen molar-refractivity contribution in [1.29, 1.82) is 0 Å². The highest BCUT2D eigenvalue weighted by Crippen LogP contribution is 2.26. The summed E-state index contributed by atoms with van der Waals surface area (Å²) < 4.78 is 29.2. The van der Waals surface area contributed by atoms with Gasteiger partial charge in [0, 0.05) is 31.4 Å². The van der Waals surface area contributed by atoms with Gasteiger partial charge >= 0.3 is 0 Å². The number of rotatable bonds is 4. The van der Waals surface area contributed by atoms with E-state index in [-0.39, 0.29) is 11.5 Å². The highest BCUT2D eigenvalue weighted by Gasteiger charge is 2.39. The van der Waals surface area contributed by atoms with Crippen molar-refractivity contribution in [1.82, 2.24) is 15.0 Å². The van der Waals surface area contributed by atoms with E-state index < -0.39 is 15.4 Å². The van der Waals surface area contributed by atoms with E-state index in [4.69, 9.17) is 4.74 Å². The quantitative estimate of drug-likeness (QED) is 0.873. The van der Waals surface area contributed by atoms with E-state index in [0.717, 1.165) is 11.0 Å². The number of H-pyrrole nitrogens is 1. The van der Waals surface area contributed by atoms with Crippen LogP contribution in [0.2, 0.25) is 0 Å². The molecule has 7 nitrogen and oxygen atoms in total. The largest absolute Gasteiger partial charge is 0.375 e. The Hall–Kier alpha value is -1.67. The topological polar surface area (TPSA) is 97.0 Å². The summed E-state index contributed by atoms with van der Waals surface area (Å²) in [4.78, 5) is 11.6. The van der Waals surface area contributed by atoms with Gasteiger partial charge in [0.1, 0.15) is 5.65 Å². The van der Waals surface area contributed by atoms with Crippen molar-refractivity contribution in [3.63, 3.8) is 0 Å². The first-order valence-corrected chi connectivity index (χ1v) is 8.64. The zero-order chi connectivity index (χ0) is 14.9. The summed E-state index contributed by atoms with van der Waals surface area (Å²) in [5.41, 5.74) is 0.0423. The highest BCUT2D eigenvalue weighted by molar-refractivity contribution is 7.91. The maximum Gasteiger partial charge on any atom is 0.224 e. The fourth-order valence-corrected chi connectivity index (χ4v) is 4.59. The first-order valence-electron chi connectivity index (χ1n) is 6.82. The smallest absolute Gasteiger partial charge is 0.224 e. The summed E-state index contributed by atoms with van der Waals surface area (Å²) in [6.07, 6.45) is 4.85. The van der Waals surface area contributed by atoms with Crippen LogP contribution in [0.4, 0.5) is 5.95 Å². The molecule has 1 aliphatic heterocycles. The van der Waals surface area contributed by atoms with Crippen LogP contribution in [0.3, 0.4) is 0 Å². The minimum Gasteiger partial charge on any atom is -0.375 e. The van der Waals surface area contributed by atoms with Crippen LogP contribution >= 0.6 is 0 Å². The van der Waals surface area contributed by atoms with Crippen molar-refractivity contribution in [2.45, 2.75) is 18.4 Å². The number of nitrogens with zero attached hydrogens (tertiary/aromatic N) is 2. The van der Waals surface area contributed by atoms with Gasteiger partial charge in [0.05, 0.1) is 17.1 Å². The lowest BCUT2D eigenvalue weighted by Crippen LogP contribution is -2.49. The number of fused-ring (bicyclic) bond motifs is 1. The Bertz CT molecular complexity index is 743. The number of aromatic nitrogens is 3. The lowest BCUT2D eigenvalue weighted by atomic mass is 9.99. The number of aromatic amines is 1. The molecule has 114 valence electrons. The van der Waals surface area contributed by atoms with Gasteiger partial charge in [0.25, 0.3) is 0 Å². The Balaban J connectivity index is 1.75. The second kappa shape index (κ2) is 5.27. The zero-order valence-corrected chi connectivity index (χ0v) is 12.6. The molecule has 0 aliphatic carbocycles. The summed E-state index contributed by atoms with van der Waals surface area (Å²) in [7, 11) is -1.49. The molecule has 2 aromatic rings. The second-order valence-electron chi connectivity index (χ2n) is 5.41. The molecule has 8 heteroatoms. The van der Waals surface area contributed by atoms with Crippen LogP contribution in [-0.4, -0.2) is 54.1 Å². The van der Waals surface area contributed by atoms with E-state index in [9.17, 15) is 8.42 Å². The number of ether oxygens (including phenoxy) is 1. The molecule has 21 heavy (non-hydrogen) atoms. The van der Waals surface area contributed by atoms with E-state index in [1.165, 1.54) is 0 Å². The molecular formula is C13H18N4O3S. The first kappa shape index (κ1) is 14.3. The van der Waals surface area contributed by atoms with Gasteiger partial charge in [-0.25, -0.2) is 13.4 Å². The molecule has 3 heterocycles. The Morgan fingerprint density at radius 1 is 1.52 bits per heavy atom. The second-order valence-corrected chi connectivity index (χ2v) is 7.60. The van der Waals surface area contributed by atoms with Crippen LogP contribution < -0.4 is 5.32 Å². The molecular weight excluding hydrogens is 292 g/mol. The molecule has 2 N–H and O–H groups in total. The predicted molar refractivity (Wildman–Crippen MR) is 80.0 cm³/mol. The molecule has 1 aliphatic rings. The average Bonchev–Trinajstić information content (AvgIpc) is 2.91. The molecule has 0 radical (unpaired) electrons. The summed E-state index contributed by atoms with van der Waals surface area (Å²) >= 11 is 0. The van der Waals surface area contributed by atoms with Crippen LogP contribution in [-0.2, 0) is 14.6 Å². The summed E-state index contributed by atoms with van der Waals surface area (Å²) in [5.74, 6) is 0.737. The lowest BCUT2D eigenvalue weighted by Gasteiger charge is -2.35. The molecule has 0 bridgehead atoms. The Morgan fingerprint density at radius 3 is 3.14 bits per heavy atom. The SMILES string of the molecule is COC1(CNc2ncc3cc[nH]c3n2)CCCS(=O)(=O)C1. The summed E-state index contributed by atoms with van der Waals surface area (Å²) in [5, 5.41) is 4.03. The molecule has 1 fully saturated rings. The van der Waals surface area contributed by atoms with Gasteiger partial charge in [-0.1, -0.05) is 0 Å². The number of nitrogens with one attached hydrogen (secondary N) is 2. The molecule has 1 atom stereocenters. The van der Waals surface area contributed by atoms with E-state index >= 15 is 0 Å². The van der Waals surface area contributed by atoms with Gasteiger partial charge in [-0.15, -0.1) is 0 Å². The molecule has 2 aromatic heterocycles. The standard InChI is InChI=1S/C13H18N4O3S/c1-20-13(4-2-6-21(18,19)9-13)8-16-12-15-7-10-3-5-14-11(10)17-12/h3,5,7H,2,4,6,8-9H2,1H3,(H2,14,15,16,17). The van der Waals surface area contributed by atoms with Crippen molar-refractivity contribution >= 4 is 26.8 Å². The molecule has 3 rings (SSSR count). The molecule has 0 saturated carbocycles. The fraction of sp³-hybridized carbons (Fsp3) is 0.538. The minimum absolute atomic E-state index is 0.0360. The lowest BCUT2D eigenvalue weighted by molar-refractivity contribution is 0.00976. The predicted octanol–water partition coefficient (Wildman–Crippen LogP) is 0.964. The van der Waals surface area contributed by atoms with Crippen molar-refractivity contribution in [2.75, 3.05) is 30.5 Å². The third-order valence-electron chi connectivity index (χ3n) is 3.87. The number of methoxy groups -OCH3 is 1. The fourth-order valence-electron chi connectivity index (χ4n) is 2.70. The number of sulfone groups is 1. The van der Waals surface area contributed by atoms with Crippen LogP contribution in [0, 0.1) is 0 Å². The van der Waals surface area contributed by atoms with Crippen molar-refractivity contribution in [3.05, 3.63) is 18.5 Å². The number of hydrogen-bond acceptors (Lipinski definition) is 6. The van der Waals surface area contributed by atoms with Crippen molar-refractivity contribution < 1.29 is 13.2 Å². The van der Waals surface area contributed by atoms with E-state index in [1.54, 1.807) is 19.5 Å². The summed E-state index contributed by atoms with van der Waals surface area (Å²) in [6.45, 7) is 0.370. The van der Waals surface area contributed by atoms with E-state index in [0.29, 0.717) is 25.3 Å². The normalized spacial score (nSPS) is 25.0. The highest BCUT2D eigenvalue weighted by atomic mass is 32.2. The number of hydrogen-bond donors (Lipinski definition) is 2. The van der Waals surface area contributed by atoms with Crippen LogP contribution in [0.5, 0.6) is 0 Å². The maximum absolute atomic E-state index is 11.8. The molecule has 1 unspecified atom stereocenters. The Morgan fingerprint density at radius 2 is 2.38 bits per heavy atom. The van der Waals surface area contributed by atoms with Gasteiger partial charge < -0.3 is 15.0 Å². The minimum atomic E-state index is -3.04. The molecule has 0 spiro atoms. The van der Waals surface area contributed by atoms with Gasteiger partial charge in [0.2, 0.25) is 5.95 Å². The summed E-state index contributed by atoms with van der Waals surface area (Å²) in [6, 6.07) is 1.89. The van der Waals surface area contributed by atoms with Gasteiger partial charge in [-0.2, -0.15) is 4.98 Å². The molecule has 0 aromatic carbocycles. The Labute approximate surface area is 123 Å². The van der Waals surface area contributed by atoms with Crippen LogP contribution in [0.1, 0.15) is 12.8 Å². The van der Waals surface area contributed by atoms with Crippen molar-refractivity contribution in [2.24, 2.45) is 0 Å². The maximum atomic E-state index is 11.8. The monoisotopic (exact) mass is 310 g/mol. The van der Waals surface area contributed by atoms with Crippen LogP contribution in [0.15, 0.2) is 18.5 Å². The van der Waals surface area contributed by atoms with Gasteiger partial charge in [-0.05, 0) is 18.9 Å². The van der Waals surface area contributed by atoms with Crippen molar-refractivity contribution in [3.8, 4) is 0 Å². The van der Waals surface area contributed by atoms with E-state index in [1.807, 2.05) is 6.07 Å². The molecule has 1 saturated heterocycles. The zero-order valence-electron chi connectivity index (χ0n) is 11.8.